The number of aromatic nitrogens is 2. The van der Waals surface area contributed by atoms with E-state index < -0.39 is 6.09 Å². The molecule has 6 nitrogen and oxygen atoms in total. The molecule has 7 heteroatoms. The van der Waals surface area contributed by atoms with Gasteiger partial charge < -0.3 is 14.8 Å². The van der Waals surface area contributed by atoms with Crippen LogP contribution >= 0.6 is 15.9 Å². The second-order valence-corrected chi connectivity index (χ2v) is 6.46. The van der Waals surface area contributed by atoms with Crippen molar-refractivity contribution in [3.05, 3.63) is 16.6 Å². The van der Waals surface area contributed by atoms with Crippen molar-refractivity contribution >= 4 is 39.0 Å². The van der Waals surface area contributed by atoms with E-state index in [1.807, 2.05) is 6.07 Å². The van der Waals surface area contributed by atoms with Crippen LogP contribution in [0.5, 0.6) is 5.75 Å². The molecule has 1 saturated carbocycles. The lowest BCUT2D eigenvalue weighted by atomic mass is 10.1. The molecule has 1 aromatic carbocycles. The molecule has 1 amide bonds. The first-order valence-electron chi connectivity index (χ1n) is 7.32. The second kappa shape index (κ2) is 6.16. The molecule has 1 aliphatic carbocycles. The monoisotopic (exact) mass is 367 g/mol. The molecule has 0 bridgehead atoms. The maximum absolute atomic E-state index is 11.6. The highest BCUT2D eigenvalue weighted by Gasteiger charge is 2.25. The van der Waals surface area contributed by atoms with Gasteiger partial charge in [-0.1, -0.05) is 12.8 Å². The minimum atomic E-state index is -0.975. The maximum Gasteiger partial charge on any atom is 0.414 e. The van der Waals surface area contributed by atoms with Crippen LogP contribution in [0.15, 0.2) is 16.6 Å². The quantitative estimate of drug-likeness (QED) is 0.855. The molecule has 0 atom stereocenters. The summed E-state index contributed by atoms with van der Waals surface area (Å²) < 4.78 is 6.05. The molecule has 0 spiro atoms. The van der Waals surface area contributed by atoms with Crippen LogP contribution < -0.4 is 9.64 Å². The van der Waals surface area contributed by atoms with Gasteiger partial charge in [0.15, 0.2) is 0 Å². The number of benzene rings is 1. The third kappa shape index (κ3) is 2.90. The normalized spacial score (nSPS) is 15.4. The fraction of sp³-hybridized carbons (Fsp3) is 0.467. The van der Waals surface area contributed by atoms with Crippen molar-refractivity contribution in [2.45, 2.75) is 25.7 Å². The lowest BCUT2D eigenvalue weighted by Crippen LogP contribution is -2.34. The van der Waals surface area contributed by atoms with E-state index in [2.05, 4.69) is 25.9 Å². The Kier molecular flexibility index (Phi) is 4.24. The van der Waals surface area contributed by atoms with E-state index in [1.54, 1.807) is 13.2 Å². The zero-order chi connectivity index (χ0) is 15.7. The van der Waals surface area contributed by atoms with Crippen LogP contribution in [0, 0.1) is 5.92 Å². The van der Waals surface area contributed by atoms with Gasteiger partial charge >= 0.3 is 6.09 Å². The number of carboxylic acid groups (broad SMARTS) is 1. The molecule has 0 radical (unpaired) electrons. The third-order valence-electron chi connectivity index (χ3n) is 4.15. The number of hydrogen-bond donors (Lipinski definition) is 2. The molecule has 0 aliphatic heterocycles. The smallest absolute Gasteiger partial charge is 0.414 e. The molecule has 22 heavy (non-hydrogen) atoms. The number of anilines is 1. The first kappa shape index (κ1) is 15.1. The number of rotatable bonds is 4. The Morgan fingerprint density at radius 1 is 1.50 bits per heavy atom. The van der Waals surface area contributed by atoms with Crippen molar-refractivity contribution in [2.24, 2.45) is 5.92 Å². The van der Waals surface area contributed by atoms with E-state index in [0.29, 0.717) is 29.7 Å². The minimum absolute atomic E-state index is 0.370. The number of imidazole rings is 1. The van der Waals surface area contributed by atoms with E-state index in [-0.39, 0.29) is 0 Å². The molecule has 2 N–H and O–H groups in total. The van der Waals surface area contributed by atoms with Gasteiger partial charge in [0, 0.05) is 12.6 Å². The summed E-state index contributed by atoms with van der Waals surface area (Å²) in [6.07, 6.45) is 3.56. The predicted octanol–water partition coefficient (Wildman–Crippen LogP) is 4.01. The molecule has 1 aliphatic rings. The first-order valence-corrected chi connectivity index (χ1v) is 8.11. The van der Waals surface area contributed by atoms with Gasteiger partial charge in [0.1, 0.15) is 5.75 Å². The summed E-state index contributed by atoms with van der Waals surface area (Å²) in [7, 11) is 1.59. The number of methoxy groups -OCH3 is 1. The Balaban J connectivity index is 1.93. The number of aromatic amines is 1. The zero-order valence-electron chi connectivity index (χ0n) is 12.3. The lowest BCUT2D eigenvalue weighted by Gasteiger charge is -2.19. The van der Waals surface area contributed by atoms with Crippen molar-refractivity contribution in [2.75, 3.05) is 18.6 Å². The standard InChI is InChI=1S/C15H18BrN3O3/c1-22-13-7-12-11(6-10(13)16)17-14(18-12)19(15(20)21)8-9-4-2-3-5-9/h6-7,9H,2-5,8H2,1H3,(H,17,18)(H,20,21). The Morgan fingerprint density at radius 2 is 2.23 bits per heavy atom. The van der Waals surface area contributed by atoms with E-state index in [4.69, 9.17) is 4.74 Å². The van der Waals surface area contributed by atoms with Gasteiger partial charge in [0.2, 0.25) is 5.95 Å². The summed E-state index contributed by atoms with van der Waals surface area (Å²) in [5.41, 5.74) is 1.47. The Hall–Kier alpha value is -1.76. The highest BCUT2D eigenvalue weighted by Crippen LogP contribution is 2.31. The van der Waals surface area contributed by atoms with Gasteiger partial charge in [-0.2, -0.15) is 0 Å². The highest BCUT2D eigenvalue weighted by molar-refractivity contribution is 9.10. The number of nitrogens with zero attached hydrogens (tertiary/aromatic N) is 2. The Morgan fingerprint density at radius 3 is 2.86 bits per heavy atom. The summed E-state index contributed by atoms with van der Waals surface area (Å²) >= 11 is 3.42. The van der Waals surface area contributed by atoms with Gasteiger partial charge in [0.05, 0.1) is 22.6 Å². The van der Waals surface area contributed by atoms with Crippen LogP contribution in [0.1, 0.15) is 25.7 Å². The minimum Gasteiger partial charge on any atom is -0.495 e. The molecular formula is C15H18BrN3O3. The topological polar surface area (TPSA) is 78.4 Å². The van der Waals surface area contributed by atoms with Gasteiger partial charge in [-0.3, -0.25) is 0 Å². The van der Waals surface area contributed by atoms with E-state index >= 15 is 0 Å². The van der Waals surface area contributed by atoms with Gasteiger partial charge in [-0.25, -0.2) is 14.7 Å². The number of H-pyrrole nitrogens is 1. The van der Waals surface area contributed by atoms with Gasteiger partial charge in [-0.15, -0.1) is 0 Å². The highest BCUT2D eigenvalue weighted by atomic mass is 79.9. The van der Waals surface area contributed by atoms with Crippen molar-refractivity contribution in [3.8, 4) is 5.75 Å². The van der Waals surface area contributed by atoms with Gasteiger partial charge in [0.25, 0.3) is 0 Å². The first-order chi connectivity index (χ1) is 10.6. The largest absolute Gasteiger partial charge is 0.495 e. The molecule has 1 aromatic heterocycles. The number of ether oxygens (including phenoxy) is 1. The summed E-state index contributed by atoms with van der Waals surface area (Å²) in [6.45, 7) is 0.494. The second-order valence-electron chi connectivity index (χ2n) is 5.61. The molecule has 0 unspecified atom stereocenters. The summed E-state index contributed by atoms with van der Waals surface area (Å²) in [5.74, 6) is 1.46. The SMILES string of the molecule is COc1cc2nc(N(CC3CCCC3)C(=O)O)[nH]c2cc1Br. The van der Waals surface area contributed by atoms with E-state index in [9.17, 15) is 9.90 Å². The van der Waals surface area contributed by atoms with Crippen molar-refractivity contribution in [3.63, 3.8) is 0 Å². The molecule has 3 rings (SSSR count). The fourth-order valence-electron chi connectivity index (χ4n) is 2.99. The van der Waals surface area contributed by atoms with Crippen LogP contribution in [0.4, 0.5) is 10.7 Å². The Bertz CT molecular complexity index is 695. The van der Waals surface area contributed by atoms with E-state index in [1.165, 1.54) is 17.7 Å². The van der Waals surface area contributed by atoms with E-state index in [0.717, 1.165) is 22.8 Å². The average molecular weight is 368 g/mol. The molecule has 1 fully saturated rings. The lowest BCUT2D eigenvalue weighted by molar-refractivity contribution is 0.200. The summed E-state index contributed by atoms with van der Waals surface area (Å²) in [4.78, 5) is 20.4. The number of hydrogen-bond acceptors (Lipinski definition) is 3. The summed E-state index contributed by atoms with van der Waals surface area (Å²) in [6, 6.07) is 3.63. The number of amides is 1. The molecular weight excluding hydrogens is 350 g/mol. The Labute approximate surface area is 136 Å². The zero-order valence-corrected chi connectivity index (χ0v) is 13.9. The van der Waals surface area contributed by atoms with Crippen LogP contribution in [0.25, 0.3) is 11.0 Å². The molecule has 2 aromatic rings. The maximum atomic E-state index is 11.6. The molecule has 1 heterocycles. The fourth-order valence-corrected chi connectivity index (χ4v) is 3.49. The van der Waals surface area contributed by atoms with Crippen molar-refractivity contribution in [1.29, 1.82) is 0 Å². The molecule has 118 valence electrons. The van der Waals surface area contributed by atoms with Crippen LogP contribution in [-0.2, 0) is 0 Å². The average Bonchev–Trinajstić information content (AvgIpc) is 3.12. The number of fused-ring (bicyclic) bond motifs is 1. The number of nitrogens with one attached hydrogen (secondary N) is 1. The molecule has 0 saturated heterocycles. The number of halogens is 1. The van der Waals surface area contributed by atoms with Crippen LogP contribution in [0.3, 0.4) is 0 Å². The van der Waals surface area contributed by atoms with Gasteiger partial charge in [-0.05, 0) is 40.8 Å². The van der Waals surface area contributed by atoms with Crippen molar-refractivity contribution in [1.82, 2.24) is 9.97 Å². The summed E-state index contributed by atoms with van der Waals surface area (Å²) in [5, 5.41) is 9.50. The van der Waals surface area contributed by atoms with Crippen molar-refractivity contribution < 1.29 is 14.6 Å². The number of carbonyl (C=O) groups is 1. The van der Waals surface area contributed by atoms with Crippen LogP contribution in [0.2, 0.25) is 0 Å². The predicted molar refractivity (Wildman–Crippen MR) is 87.7 cm³/mol. The van der Waals surface area contributed by atoms with Crippen LogP contribution in [-0.4, -0.2) is 34.8 Å². The third-order valence-corrected chi connectivity index (χ3v) is 4.76.